The molecule has 0 amide bonds. The third kappa shape index (κ3) is 2.20. The van der Waals surface area contributed by atoms with Crippen LogP contribution in [0.4, 0.5) is 0 Å². The Morgan fingerprint density at radius 3 is 2.62 bits per heavy atom. The molecule has 4 heteroatoms. The molecule has 0 spiro atoms. The van der Waals surface area contributed by atoms with Crippen LogP contribution in [0.15, 0.2) is 79.0 Å². The van der Waals surface area contributed by atoms with Crippen LogP contribution in [-0.4, -0.2) is 17.9 Å². The van der Waals surface area contributed by atoms with Crippen LogP contribution < -0.4 is 9.30 Å². The molecule has 138 valence electrons. The number of ether oxygens (including phenoxy) is 1. The molecule has 2 aromatic heterocycles. The molecule has 0 atom stereocenters. The van der Waals surface area contributed by atoms with Crippen LogP contribution in [-0.2, 0) is 0 Å². The Bertz CT molecular complexity index is 1460. The van der Waals surface area contributed by atoms with E-state index >= 15 is 0 Å². The molecule has 4 nitrogen and oxygen atoms in total. The lowest BCUT2D eigenvalue weighted by atomic mass is 10.0. The maximum absolute atomic E-state index is 13.1. The molecular weight excluding hydrogens is 360 g/mol. The van der Waals surface area contributed by atoms with Gasteiger partial charge < -0.3 is 9.72 Å². The number of ketones is 1. The molecule has 3 heterocycles. The smallest absolute Gasteiger partial charge is 0.284 e. The third-order valence-electron chi connectivity index (χ3n) is 5.73. The number of nitrogens with zero attached hydrogens (tertiary/aromatic N) is 1. The monoisotopic (exact) mass is 377 g/mol. The van der Waals surface area contributed by atoms with Crippen molar-refractivity contribution in [2.45, 2.75) is 0 Å². The Hall–Kier alpha value is -3.92. The van der Waals surface area contributed by atoms with Gasteiger partial charge in [0.1, 0.15) is 16.8 Å². The van der Waals surface area contributed by atoms with Gasteiger partial charge in [-0.05, 0) is 41.5 Å². The van der Waals surface area contributed by atoms with Gasteiger partial charge in [-0.1, -0.05) is 30.3 Å². The van der Waals surface area contributed by atoms with Gasteiger partial charge in [-0.3, -0.25) is 4.79 Å². The Kier molecular flexibility index (Phi) is 3.21. The topological polar surface area (TPSA) is 46.0 Å². The van der Waals surface area contributed by atoms with Crippen LogP contribution in [0.25, 0.3) is 38.6 Å². The zero-order valence-corrected chi connectivity index (χ0v) is 15.8. The fraction of sp³-hybridized carbons (Fsp3) is 0.0400. The number of carbonyl (C=O) groups is 1. The van der Waals surface area contributed by atoms with Crippen LogP contribution in [0.5, 0.6) is 5.75 Å². The van der Waals surface area contributed by atoms with E-state index in [-0.39, 0.29) is 5.78 Å². The predicted octanol–water partition coefficient (Wildman–Crippen LogP) is 4.82. The highest BCUT2D eigenvalue weighted by Crippen LogP contribution is 2.34. The van der Waals surface area contributed by atoms with E-state index in [0.29, 0.717) is 5.69 Å². The van der Waals surface area contributed by atoms with Crippen molar-refractivity contribution >= 4 is 27.6 Å². The number of nitrogens with one attached hydrogen (secondary N) is 1. The molecule has 0 fully saturated rings. The van der Waals surface area contributed by atoms with Gasteiger partial charge in [0.2, 0.25) is 5.69 Å². The number of rotatable bonds is 2. The number of aromatic amines is 1. The summed E-state index contributed by atoms with van der Waals surface area (Å²) in [4.78, 5) is 16.6. The molecule has 3 aromatic carbocycles. The molecule has 0 aliphatic carbocycles. The number of H-pyrrole nitrogens is 1. The van der Waals surface area contributed by atoms with Crippen LogP contribution >= 0.6 is 0 Å². The summed E-state index contributed by atoms with van der Waals surface area (Å²) in [5.74, 6) is 0.893. The molecule has 1 aliphatic heterocycles. The van der Waals surface area contributed by atoms with E-state index in [1.807, 2.05) is 53.2 Å². The van der Waals surface area contributed by atoms with Crippen LogP contribution in [0.1, 0.15) is 16.1 Å². The fourth-order valence-electron chi connectivity index (χ4n) is 4.33. The van der Waals surface area contributed by atoms with Crippen LogP contribution in [0.3, 0.4) is 0 Å². The molecule has 0 radical (unpaired) electrons. The number of hydrogen-bond acceptors (Lipinski definition) is 2. The summed E-state index contributed by atoms with van der Waals surface area (Å²) in [6, 6.07) is 24.2. The lowest BCUT2D eigenvalue weighted by Gasteiger charge is -2.05. The Balaban J connectivity index is 1.60. The van der Waals surface area contributed by atoms with Crippen LogP contribution in [0, 0.1) is 0 Å². The van der Waals surface area contributed by atoms with E-state index < -0.39 is 0 Å². The minimum Gasteiger partial charge on any atom is -0.497 e. The number of hydrogen-bond donors (Lipinski definition) is 1. The van der Waals surface area contributed by atoms with Crippen molar-refractivity contribution in [3.63, 3.8) is 0 Å². The molecule has 0 unspecified atom stereocenters. The highest BCUT2D eigenvalue weighted by atomic mass is 16.5. The zero-order chi connectivity index (χ0) is 19.5. The van der Waals surface area contributed by atoms with E-state index in [4.69, 9.17) is 4.74 Å². The standard InChI is InChI=1S/C25H16N2O2/c1-29-17-6-4-5-15(13-17)16-9-10-21-20(14-16)18-11-12-27-22-8-3-2-7-19(22)25(28)24(27)23(18)26-21/h2-14H,1H3/p+1. The first-order valence-electron chi connectivity index (χ1n) is 9.53. The Morgan fingerprint density at radius 1 is 0.862 bits per heavy atom. The highest BCUT2D eigenvalue weighted by molar-refractivity contribution is 6.20. The highest BCUT2D eigenvalue weighted by Gasteiger charge is 2.37. The number of benzene rings is 3. The lowest BCUT2D eigenvalue weighted by Crippen LogP contribution is -2.31. The Labute approximate surface area is 167 Å². The van der Waals surface area contributed by atoms with E-state index in [9.17, 15) is 4.79 Å². The second-order valence-electron chi connectivity index (χ2n) is 7.29. The minimum absolute atomic E-state index is 0.0609. The molecule has 1 N–H and O–H groups in total. The van der Waals surface area contributed by atoms with E-state index in [2.05, 4.69) is 35.3 Å². The van der Waals surface area contributed by atoms with Gasteiger partial charge in [0, 0.05) is 28.4 Å². The third-order valence-corrected chi connectivity index (χ3v) is 5.73. The van der Waals surface area contributed by atoms with Gasteiger partial charge in [-0.2, -0.15) is 4.57 Å². The number of aromatic nitrogens is 2. The van der Waals surface area contributed by atoms with E-state index in [1.165, 1.54) is 0 Å². The van der Waals surface area contributed by atoms with E-state index in [0.717, 1.165) is 49.9 Å². The second-order valence-corrected chi connectivity index (χ2v) is 7.29. The molecule has 0 saturated carbocycles. The molecule has 0 bridgehead atoms. The summed E-state index contributed by atoms with van der Waals surface area (Å²) >= 11 is 0. The predicted molar refractivity (Wildman–Crippen MR) is 113 cm³/mol. The normalized spacial score (nSPS) is 12.4. The number of para-hydroxylation sites is 1. The van der Waals surface area contributed by atoms with Gasteiger partial charge in [0.05, 0.1) is 7.11 Å². The SMILES string of the molecule is COc1cccc(-c2ccc3[nH]c4c5[n+](ccc4c3c2)-c2ccccc2C5=O)c1. The molecule has 6 rings (SSSR count). The first-order chi connectivity index (χ1) is 14.2. The molecular formula is C25H17N2O2+. The first kappa shape index (κ1) is 16.1. The summed E-state index contributed by atoms with van der Waals surface area (Å²) in [7, 11) is 1.68. The summed E-state index contributed by atoms with van der Waals surface area (Å²) in [5.41, 5.74) is 6.49. The Morgan fingerprint density at radius 2 is 1.72 bits per heavy atom. The fourth-order valence-corrected chi connectivity index (χ4v) is 4.33. The van der Waals surface area contributed by atoms with Crippen molar-refractivity contribution in [1.29, 1.82) is 0 Å². The van der Waals surface area contributed by atoms with Crippen LogP contribution in [0.2, 0.25) is 0 Å². The minimum atomic E-state index is 0.0609. The summed E-state index contributed by atoms with van der Waals surface area (Å²) in [5, 5.41) is 2.16. The molecule has 1 aliphatic rings. The first-order valence-corrected chi connectivity index (χ1v) is 9.53. The van der Waals surface area contributed by atoms with Crippen molar-refractivity contribution < 1.29 is 14.1 Å². The number of fused-ring (bicyclic) bond motifs is 7. The van der Waals surface area contributed by atoms with Gasteiger partial charge in [-0.15, -0.1) is 0 Å². The summed E-state index contributed by atoms with van der Waals surface area (Å²) < 4.78 is 7.35. The van der Waals surface area contributed by atoms with Crippen molar-refractivity contribution in [3.05, 3.63) is 90.3 Å². The number of carbonyl (C=O) groups excluding carboxylic acids is 1. The quantitative estimate of drug-likeness (QED) is 0.440. The van der Waals surface area contributed by atoms with Gasteiger partial charge >= 0.3 is 0 Å². The maximum Gasteiger partial charge on any atom is 0.284 e. The molecule has 0 saturated heterocycles. The van der Waals surface area contributed by atoms with Gasteiger partial charge in [-0.25, -0.2) is 0 Å². The second kappa shape index (κ2) is 5.79. The lowest BCUT2D eigenvalue weighted by molar-refractivity contribution is -0.592. The van der Waals surface area contributed by atoms with E-state index in [1.54, 1.807) is 7.11 Å². The average Bonchev–Trinajstić information content (AvgIpc) is 3.29. The number of pyridine rings is 1. The number of methoxy groups -OCH3 is 1. The van der Waals surface area contributed by atoms with Crippen molar-refractivity contribution in [1.82, 2.24) is 4.98 Å². The van der Waals surface area contributed by atoms with Crippen molar-refractivity contribution in [2.24, 2.45) is 0 Å². The maximum atomic E-state index is 13.1. The molecule has 5 aromatic rings. The summed E-state index contributed by atoms with van der Waals surface area (Å²) in [6.07, 6.45) is 1.99. The average molecular weight is 377 g/mol. The molecule has 29 heavy (non-hydrogen) atoms. The van der Waals surface area contributed by atoms with Gasteiger partial charge in [0.15, 0.2) is 6.20 Å². The van der Waals surface area contributed by atoms with Gasteiger partial charge in [0.25, 0.3) is 11.5 Å². The van der Waals surface area contributed by atoms with Crippen molar-refractivity contribution in [3.8, 4) is 22.6 Å². The zero-order valence-electron chi connectivity index (χ0n) is 15.8. The van der Waals surface area contributed by atoms with Crippen molar-refractivity contribution in [2.75, 3.05) is 7.11 Å². The largest absolute Gasteiger partial charge is 0.497 e. The summed E-state index contributed by atoms with van der Waals surface area (Å²) in [6.45, 7) is 0.